The summed E-state index contributed by atoms with van der Waals surface area (Å²) in [5, 5.41) is 3.01. The molecule has 2 aromatic rings. The molecule has 7 heteroatoms. The summed E-state index contributed by atoms with van der Waals surface area (Å²) in [6.45, 7) is 2.06. The predicted octanol–water partition coefficient (Wildman–Crippen LogP) is 3.05. The van der Waals surface area contributed by atoms with Crippen LogP contribution < -0.4 is 14.4 Å². The number of hydrogen-bond donors (Lipinski definition) is 1. The Balaban J connectivity index is 1.77. The molecule has 1 amide bonds. The van der Waals surface area contributed by atoms with Crippen molar-refractivity contribution < 1.29 is 17.9 Å². The number of ether oxygens (including phenoxy) is 1. The van der Waals surface area contributed by atoms with Crippen molar-refractivity contribution in [2.75, 3.05) is 23.7 Å². The Morgan fingerprint density at radius 2 is 2.00 bits per heavy atom. The molecule has 28 heavy (non-hydrogen) atoms. The molecule has 1 atom stereocenters. The number of rotatable bonds is 7. The third kappa shape index (κ3) is 4.84. The van der Waals surface area contributed by atoms with Gasteiger partial charge in [-0.15, -0.1) is 0 Å². The van der Waals surface area contributed by atoms with Crippen LogP contribution in [-0.2, 0) is 21.2 Å². The first kappa shape index (κ1) is 20.2. The van der Waals surface area contributed by atoms with Gasteiger partial charge in [0.1, 0.15) is 12.3 Å². The molecule has 1 aliphatic carbocycles. The van der Waals surface area contributed by atoms with Crippen LogP contribution in [0.25, 0.3) is 0 Å². The van der Waals surface area contributed by atoms with Gasteiger partial charge in [0.25, 0.3) is 0 Å². The molecule has 0 unspecified atom stereocenters. The van der Waals surface area contributed by atoms with Gasteiger partial charge >= 0.3 is 0 Å². The van der Waals surface area contributed by atoms with Crippen molar-refractivity contribution >= 4 is 21.6 Å². The van der Waals surface area contributed by atoms with Crippen LogP contribution in [0.1, 0.15) is 36.9 Å². The summed E-state index contributed by atoms with van der Waals surface area (Å²) >= 11 is 0. The Morgan fingerprint density at radius 1 is 1.21 bits per heavy atom. The van der Waals surface area contributed by atoms with Crippen molar-refractivity contribution in [3.8, 4) is 5.75 Å². The van der Waals surface area contributed by atoms with E-state index in [2.05, 4.69) is 11.4 Å². The van der Waals surface area contributed by atoms with Crippen molar-refractivity contribution in [3.05, 3.63) is 59.7 Å². The lowest BCUT2D eigenvalue weighted by Gasteiger charge is -2.28. The zero-order chi connectivity index (χ0) is 20.1. The summed E-state index contributed by atoms with van der Waals surface area (Å²) in [5.74, 6) is 0.240. The van der Waals surface area contributed by atoms with Crippen LogP contribution in [-0.4, -0.2) is 33.7 Å². The van der Waals surface area contributed by atoms with Gasteiger partial charge in [0.2, 0.25) is 15.9 Å². The molecule has 0 heterocycles. The second-order valence-corrected chi connectivity index (χ2v) is 8.82. The smallest absolute Gasteiger partial charge is 0.241 e. The fourth-order valence-corrected chi connectivity index (χ4v) is 4.42. The van der Waals surface area contributed by atoms with Crippen molar-refractivity contribution in [1.82, 2.24) is 5.32 Å². The van der Waals surface area contributed by atoms with E-state index in [1.165, 1.54) is 5.56 Å². The number of anilines is 1. The van der Waals surface area contributed by atoms with Gasteiger partial charge in [-0.25, -0.2) is 8.42 Å². The number of aryl methyl sites for hydroxylation is 1. The van der Waals surface area contributed by atoms with E-state index in [4.69, 9.17) is 4.74 Å². The third-order valence-electron chi connectivity index (χ3n) is 4.81. The molecule has 150 valence electrons. The lowest BCUT2D eigenvalue weighted by Crippen LogP contribution is -2.42. The van der Waals surface area contributed by atoms with Crippen molar-refractivity contribution in [3.63, 3.8) is 0 Å². The highest BCUT2D eigenvalue weighted by molar-refractivity contribution is 7.92. The molecule has 0 fully saturated rings. The zero-order valence-corrected chi connectivity index (χ0v) is 17.0. The van der Waals surface area contributed by atoms with Gasteiger partial charge in [-0.1, -0.05) is 30.3 Å². The number of nitrogens with one attached hydrogen (secondary N) is 1. The van der Waals surface area contributed by atoms with Crippen LogP contribution in [0.4, 0.5) is 5.69 Å². The highest BCUT2D eigenvalue weighted by atomic mass is 32.2. The maximum absolute atomic E-state index is 12.7. The van der Waals surface area contributed by atoms with E-state index < -0.39 is 10.0 Å². The average molecular weight is 403 g/mol. The molecule has 1 N–H and O–H groups in total. The Labute approximate surface area is 166 Å². The minimum atomic E-state index is -3.63. The van der Waals surface area contributed by atoms with Crippen LogP contribution in [0.3, 0.4) is 0 Å². The van der Waals surface area contributed by atoms with Crippen LogP contribution in [0.5, 0.6) is 5.75 Å². The highest BCUT2D eigenvalue weighted by Gasteiger charge is 2.25. The van der Waals surface area contributed by atoms with Crippen molar-refractivity contribution in [2.45, 2.75) is 32.2 Å². The van der Waals surface area contributed by atoms with E-state index >= 15 is 0 Å². The van der Waals surface area contributed by atoms with Crippen LogP contribution in [0.15, 0.2) is 48.5 Å². The van der Waals surface area contributed by atoms with Crippen molar-refractivity contribution in [1.29, 1.82) is 0 Å². The number of sulfonamides is 1. The molecule has 6 nitrogen and oxygen atoms in total. The molecular weight excluding hydrogens is 376 g/mol. The van der Waals surface area contributed by atoms with Gasteiger partial charge in [-0.2, -0.15) is 0 Å². The van der Waals surface area contributed by atoms with Gasteiger partial charge in [-0.05, 0) is 49.4 Å². The van der Waals surface area contributed by atoms with E-state index in [1.807, 2.05) is 25.1 Å². The number of benzene rings is 2. The quantitative estimate of drug-likeness (QED) is 0.772. The standard InChI is InChI=1S/C21H26N2O4S/c1-3-27-18-11-7-10-17(14-18)23(28(2,25)26)15-21(24)22-20-13-6-9-16-8-4-5-12-19(16)20/h4-5,7-8,10-12,14,20H,3,6,9,13,15H2,1-2H3,(H,22,24)/t20-/m1/s1. The monoisotopic (exact) mass is 402 g/mol. The fourth-order valence-electron chi connectivity index (χ4n) is 3.57. The normalized spacial score (nSPS) is 16.1. The van der Waals surface area contributed by atoms with Gasteiger partial charge in [0.05, 0.1) is 24.6 Å². The van der Waals surface area contributed by atoms with E-state index in [9.17, 15) is 13.2 Å². The predicted molar refractivity (Wildman–Crippen MR) is 110 cm³/mol. The maximum Gasteiger partial charge on any atom is 0.241 e. The molecule has 0 radical (unpaired) electrons. The summed E-state index contributed by atoms with van der Waals surface area (Å²) in [4.78, 5) is 12.7. The Hall–Kier alpha value is -2.54. The summed E-state index contributed by atoms with van der Waals surface area (Å²) < 4.78 is 31.2. The number of hydrogen-bond acceptors (Lipinski definition) is 4. The third-order valence-corrected chi connectivity index (χ3v) is 5.95. The summed E-state index contributed by atoms with van der Waals surface area (Å²) in [6.07, 6.45) is 3.95. The van der Waals surface area contributed by atoms with Gasteiger partial charge in [-0.3, -0.25) is 9.10 Å². The Morgan fingerprint density at radius 3 is 2.75 bits per heavy atom. The molecule has 0 saturated carbocycles. The molecule has 0 saturated heterocycles. The number of carbonyl (C=O) groups excluding carboxylic acids is 1. The molecule has 0 aliphatic heterocycles. The minimum Gasteiger partial charge on any atom is -0.494 e. The Bertz CT molecular complexity index is 943. The highest BCUT2D eigenvalue weighted by Crippen LogP contribution is 2.29. The first-order valence-corrected chi connectivity index (χ1v) is 11.3. The summed E-state index contributed by atoms with van der Waals surface area (Å²) in [6, 6.07) is 14.7. The van der Waals surface area contributed by atoms with Gasteiger partial charge in [0, 0.05) is 6.07 Å². The molecule has 3 rings (SSSR count). The van der Waals surface area contributed by atoms with Gasteiger partial charge < -0.3 is 10.1 Å². The van der Waals surface area contributed by atoms with Crippen LogP contribution in [0.2, 0.25) is 0 Å². The van der Waals surface area contributed by atoms with Crippen LogP contribution in [0, 0.1) is 0 Å². The number of fused-ring (bicyclic) bond motifs is 1. The molecule has 2 aromatic carbocycles. The van der Waals surface area contributed by atoms with E-state index in [-0.39, 0.29) is 18.5 Å². The minimum absolute atomic E-state index is 0.0892. The van der Waals surface area contributed by atoms with Crippen molar-refractivity contribution in [2.24, 2.45) is 0 Å². The average Bonchev–Trinajstić information content (AvgIpc) is 2.66. The molecule has 1 aliphatic rings. The molecular formula is C21H26N2O4S. The Kier molecular flexibility index (Phi) is 6.24. The first-order valence-electron chi connectivity index (χ1n) is 9.46. The van der Waals surface area contributed by atoms with E-state index in [1.54, 1.807) is 24.3 Å². The lowest BCUT2D eigenvalue weighted by atomic mass is 9.88. The molecule has 0 aromatic heterocycles. The second-order valence-electron chi connectivity index (χ2n) is 6.91. The maximum atomic E-state index is 12.7. The number of amides is 1. The summed E-state index contributed by atoms with van der Waals surface area (Å²) in [7, 11) is -3.63. The van der Waals surface area contributed by atoms with E-state index in [0.29, 0.717) is 18.0 Å². The fraction of sp³-hybridized carbons (Fsp3) is 0.381. The second kappa shape index (κ2) is 8.65. The lowest BCUT2D eigenvalue weighted by molar-refractivity contribution is -0.120. The summed E-state index contributed by atoms with van der Waals surface area (Å²) in [5.41, 5.74) is 2.77. The largest absolute Gasteiger partial charge is 0.494 e. The number of nitrogens with zero attached hydrogens (tertiary/aromatic N) is 1. The molecule has 0 bridgehead atoms. The van der Waals surface area contributed by atoms with Gasteiger partial charge in [0.15, 0.2) is 0 Å². The topological polar surface area (TPSA) is 75.7 Å². The first-order chi connectivity index (χ1) is 13.4. The zero-order valence-electron chi connectivity index (χ0n) is 16.2. The SMILES string of the molecule is CCOc1cccc(N(CC(=O)N[C@@H]2CCCc3ccccc32)S(C)(=O)=O)c1. The number of carbonyl (C=O) groups is 1. The molecule has 0 spiro atoms. The van der Waals surface area contributed by atoms with E-state index in [0.717, 1.165) is 35.4 Å². The van der Waals surface area contributed by atoms with Crippen LogP contribution >= 0.6 is 0 Å².